The highest BCUT2D eigenvalue weighted by molar-refractivity contribution is 7.89. The van der Waals surface area contributed by atoms with Gasteiger partial charge in [0.05, 0.1) is 10.9 Å². The molecule has 0 amide bonds. The van der Waals surface area contributed by atoms with Crippen LogP contribution in [-0.2, 0) is 14.8 Å². The van der Waals surface area contributed by atoms with E-state index >= 15 is 0 Å². The fourth-order valence-electron chi connectivity index (χ4n) is 2.36. The number of hydrogen-bond donors (Lipinski definition) is 0. The van der Waals surface area contributed by atoms with Crippen LogP contribution in [0.2, 0.25) is 0 Å². The van der Waals surface area contributed by atoms with Gasteiger partial charge < -0.3 is 0 Å². The summed E-state index contributed by atoms with van der Waals surface area (Å²) in [7, 11) is -3.81. The summed E-state index contributed by atoms with van der Waals surface area (Å²) in [5.74, 6) is -0.767. The van der Waals surface area contributed by atoms with Gasteiger partial charge in [-0.05, 0) is 38.0 Å². The summed E-state index contributed by atoms with van der Waals surface area (Å²) < 4.78 is 39.3. The van der Waals surface area contributed by atoms with Gasteiger partial charge in [-0.15, -0.1) is 0 Å². The third-order valence-electron chi connectivity index (χ3n) is 3.33. The lowest BCUT2D eigenvalue weighted by Crippen LogP contribution is -2.47. The molecule has 2 rings (SSSR count). The van der Waals surface area contributed by atoms with Crippen LogP contribution in [0.5, 0.6) is 0 Å². The van der Waals surface area contributed by atoms with Crippen LogP contribution in [0.3, 0.4) is 0 Å². The highest BCUT2D eigenvalue weighted by Crippen LogP contribution is 2.26. The molecule has 104 valence electrons. The van der Waals surface area contributed by atoms with Crippen LogP contribution in [0, 0.1) is 5.82 Å². The Bertz CT molecular complexity index is 585. The van der Waals surface area contributed by atoms with Gasteiger partial charge in [-0.1, -0.05) is 12.5 Å². The zero-order valence-electron chi connectivity index (χ0n) is 10.7. The predicted octanol–water partition coefficient (Wildman–Crippen LogP) is 1.96. The van der Waals surface area contributed by atoms with Crippen LogP contribution in [0.1, 0.15) is 26.2 Å². The average Bonchev–Trinajstić information content (AvgIpc) is 2.38. The van der Waals surface area contributed by atoms with E-state index in [1.54, 1.807) is 0 Å². The summed E-state index contributed by atoms with van der Waals surface area (Å²) in [4.78, 5) is 11.5. The molecule has 1 fully saturated rings. The third-order valence-corrected chi connectivity index (χ3v) is 5.23. The van der Waals surface area contributed by atoms with Gasteiger partial charge in [0.2, 0.25) is 10.0 Å². The molecular weight excluding hydrogens is 269 g/mol. The van der Waals surface area contributed by atoms with Crippen LogP contribution in [0.15, 0.2) is 29.2 Å². The Morgan fingerprint density at radius 3 is 2.74 bits per heavy atom. The van der Waals surface area contributed by atoms with Crippen molar-refractivity contribution in [3.05, 3.63) is 30.1 Å². The molecule has 1 aromatic rings. The minimum atomic E-state index is -3.81. The molecule has 1 atom stereocenters. The Balaban J connectivity index is 2.40. The van der Waals surface area contributed by atoms with Crippen molar-refractivity contribution in [3.8, 4) is 0 Å². The molecule has 19 heavy (non-hydrogen) atoms. The molecule has 4 nitrogen and oxygen atoms in total. The van der Waals surface area contributed by atoms with Gasteiger partial charge in [0, 0.05) is 6.54 Å². The Labute approximate surface area is 112 Å². The SMILES string of the molecule is CC(=O)C1CCCCN1S(=O)(=O)c1cccc(F)c1. The molecule has 0 saturated carbocycles. The highest BCUT2D eigenvalue weighted by atomic mass is 32.2. The number of nitrogens with zero attached hydrogens (tertiary/aromatic N) is 1. The molecule has 0 aromatic heterocycles. The normalized spacial score (nSPS) is 21.3. The van der Waals surface area contributed by atoms with Crippen LogP contribution < -0.4 is 0 Å². The molecule has 0 bridgehead atoms. The van der Waals surface area contributed by atoms with Gasteiger partial charge in [0.25, 0.3) is 0 Å². The summed E-state index contributed by atoms with van der Waals surface area (Å²) >= 11 is 0. The van der Waals surface area contributed by atoms with Crippen LogP contribution >= 0.6 is 0 Å². The minimum absolute atomic E-state index is 0.0966. The number of carbonyl (C=O) groups excluding carboxylic acids is 1. The fourth-order valence-corrected chi connectivity index (χ4v) is 4.10. The smallest absolute Gasteiger partial charge is 0.243 e. The fraction of sp³-hybridized carbons (Fsp3) is 0.462. The molecule has 1 unspecified atom stereocenters. The maximum Gasteiger partial charge on any atom is 0.243 e. The first-order valence-electron chi connectivity index (χ1n) is 6.21. The molecule has 6 heteroatoms. The summed E-state index contributed by atoms with van der Waals surface area (Å²) in [5.41, 5.74) is 0. The number of ketones is 1. The first kappa shape index (κ1) is 14.1. The Hall–Kier alpha value is -1.27. The second-order valence-electron chi connectivity index (χ2n) is 4.70. The first-order valence-corrected chi connectivity index (χ1v) is 7.65. The second-order valence-corrected chi connectivity index (χ2v) is 6.59. The van der Waals surface area contributed by atoms with Gasteiger partial charge in [-0.2, -0.15) is 4.31 Å². The van der Waals surface area contributed by atoms with Gasteiger partial charge in [-0.25, -0.2) is 12.8 Å². The van der Waals surface area contributed by atoms with Gasteiger partial charge >= 0.3 is 0 Å². The van der Waals surface area contributed by atoms with Crippen molar-refractivity contribution in [2.45, 2.75) is 37.1 Å². The van der Waals surface area contributed by atoms with E-state index in [0.717, 1.165) is 18.9 Å². The second kappa shape index (κ2) is 5.38. The van der Waals surface area contributed by atoms with Gasteiger partial charge in [0.1, 0.15) is 11.6 Å². The largest absolute Gasteiger partial charge is 0.298 e. The topological polar surface area (TPSA) is 54.5 Å². The molecule has 1 heterocycles. The number of carbonyl (C=O) groups is 1. The molecule has 1 aromatic carbocycles. The number of rotatable bonds is 3. The quantitative estimate of drug-likeness (QED) is 0.853. The number of halogens is 1. The van der Waals surface area contributed by atoms with Crippen molar-refractivity contribution < 1.29 is 17.6 Å². The predicted molar refractivity (Wildman–Crippen MR) is 68.6 cm³/mol. The number of benzene rings is 1. The lowest BCUT2D eigenvalue weighted by Gasteiger charge is -2.33. The summed E-state index contributed by atoms with van der Waals surface area (Å²) in [6.07, 6.45) is 2.08. The summed E-state index contributed by atoms with van der Waals surface area (Å²) in [6.45, 7) is 1.70. The summed E-state index contributed by atoms with van der Waals surface area (Å²) in [6, 6.07) is 4.26. The van der Waals surface area contributed by atoms with E-state index in [0.29, 0.717) is 13.0 Å². The zero-order chi connectivity index (χ0) is 14.0. The molecule has 0 spiro atoms. The van der Waals surface area contributed by atoms with E-state index in [-0.39, 0.29) is 10.7 Å². The number of piperidine rings is 1. The molecule has 0 radical (unpaired) electrons. The first-order chi connectivity index (χ1) is 8.93. The Morgan fingerprint density at radius 1 is 1.37 bits per heavy atom. The van der Waals surface area contributed by atoms with E-state index in [2.05, 4.69) is 0 Å². The van der Waals surface area contributed by atoms with E-state index in [9.17, 15) is 17.6 Å². The van der Waals surface area contributed by atoms with E-state index in [1.807, 2.05) is 0 Å². The van der Waals surface area contributed by atoms with Crippen molar-refractivity contribution in [3.63, 3.8) is 0 Å². The maximum absolute atomic E-state index is 13.2. The molecule has 1 saturated heterocycles. The molecule has 0 aliphatic carbocycles. The molecule has 1 aliphatic rings. The monoisotopic (exact) mass is 285 g/mol. The van der Waals surface area contributed by atoms with Crippen LogP contribution in [-0.4, -0.2) is 31.1 Å². The average molecular weight is 285 g/mol. The van der Waals surface area contributed by atoms with Crippen LogP contribution in [0.25, 0.3) is 0 Å². The molecule has 0 N–H and O–H groups in total. The third kappa shape index (κ3) is 2.84. The zero-order valence-corrected chi connectivity index (χ0v) is 11.5. The lowest BCUT2D eigenvalue weighted by atomic mass is 10.0. The number of sulfonamides is 1. The van der Waals surface area contributed by atoms with Crippen molar-refractivity contribution >= 4 is 15.8 Å². The van der Waals surface area contributed by atoms with E-state index in [1.165, 1.54) is 29.4 Å². The van der Waals surface area contributed by atoms with Crippen LogP contribution in [0.4, 0.5) is 4.39 Å². The van der Waals surface area contributed by atoms with Gasteiger partial charge in [0.15, 0.2) is 0 Å². The molecule has 1 aliphatic heterocycles. The minimum Gasteiger partial charge on any atom is -0.298 e. The Morgan fingerprint density at radius 2 is 2.11 bits per heavy atom. The number of Topliss-reactive ketones (excluding diaryl/α,β-unsaturated/α-hetero) is 1. The lowest BCUT2D eigenvalue weighted by molar-refractivity contribution is -0.121. The standard InChI is InChI=1S/C13H16FNO3S/c1-10(16)13-7-2-3-8-15(13)19(17,18)12-6-4-5-11(14)9-12/h4-6,9,13H,2-3,7-8H2,1H3. The Kier molecular flexibility index (Phi) is 4.01. The van der Waals surface area contributed by atoms with Crippen molar-refractivity contribution in [1.29, 1.82) is 0 Å². The van der Waals surface area contributed by atoms with E-state index < -0.39 is 21.9 Å². The number of hydrogen-bond acceptors (Lipinski definition) is 3. The van der Waals surface area contributed by atoms with Crippen molar-refractivity contribution in [1.82, 2.24) is 4.31 Å². The highest BCUT2D eigenvalue weighted by Gasteiger charge is 2.35. The van der Waals surface area contributed by atoms with E-state index in [4.69, 9.17) is 0 Å². The summed E-state index contributed by atoms with van der Waals surface area (Å²) in [5, 5.41) is 0. The molecular formula is C13H16FNO3S. The van der Waals surface area contributed by atoms with Gasteiger partial charge in [-0.3, -0.25) is 4.79 Å². The van der Waals surface area contributed by atoms with Crippen molar-refractivity contribution in [2.75, 3.05) is 6.54 Å². The maximum atomic E-state index is 13.2. The van der Waals surface area contributed by atoms with Crippen molar-refractivity contribution in [2.24, 2.45) is 0 Å².